The molecule has 0 radical (unpaired) electrons. The van der Waals surface area contributed by atoms with Crippen LogP contribution in [-0.2, 0) is 12.8 Å². The maximum Gasteiger partial charge on any atom is 0.0779 e. The molecule has 0 unspecified atom stereocenters. The van der Waals surface area contributed by atoms with Gasteiger partial charge in [0.1, 0.15) is 0 Å². The highest BCUT2D eigenvalue weighted by Gasteiger charge is 2.19. The highest BCUT2D eigenvalue weighted by atomic mass is 28.3. The number of rotatable bonds is 8. The molecular weight excluding hydrogens is 356 g/mol. The topological polar surface area (TPSA) is 0 Å². The van der Waals surface area contributed by atoms with Crippen LogP contribution in [0.1, 0.15) is 41.5 Å². The molecule has 0 amide bonds. The quantitative estimate of drug-likeness (QED) is 0.360. The van der Waals surface area contributed by atoms with Crippen LogP contribution in [0.4, 0.5) is 0 Å². The predicted octanol–water partition coefficient (Wildman–Crippen LogP) is 6.35. The van der Waals surface area contributed by atoms with E-state index in [-0.39, 0.29) is 0 Å². The molecule has 0 fully saturated rings. The number of hydrogen-bond donors (Lipinski definition) is 0. The van der Waals surface area contributed by atoms with Crippen molar-refractivity contribution in [3.05, 3.63) is 58.7 Å². The molecule has 0 aliphatic rings. The van der Waals surface area contributed by atoms with Gasteiger partial charge in [-0.15, -0.1) is 0 Å². The van der Waals surface area contributed by atoms with Crippen LogP contribution in [0.5, 0.6) is 0 Å². The minimum atomic E-state index is -1.23. The molecule has 2 heteroatoms. The van der Waals surface area contributed by atoms with Crippen molar-refractivity contribution in [2.24, 2.45) is 0 Å². The first-order valence-electron chi connectivity index (χ1n) is 10.7. The zero-order valence-electron chi connectivity index (χ0n) is 19.0. The van der Waals surface area contributed by atoms with Crippen molar-refractivity contribution < 1.29 is 0 Å². The van der Waals surface area contributed by atoms with Crippen LogP contribution in [0.15, 0.2) is 36.4 Å². The van der Waals surface area contributed by atoms with E-state index >= 15 is 0 Å². The predicted molar refractivity (Wildman–Crippen MR) is 130 cm³/mol. The minimum Gasteiger partial charge on any atom is -0.0656 e. The maximum atomic E-state index is 2.50. The third-order valence-corrected chi connectivity index (χ3v) is 9.96. The molecule has 148 valence electrons. The highest BCUT2D eigenvalue weighted by Crippen LogP contribution is 2.15. The summed E-state index contributed by atoms with van der Waals surface area (Å²) >= 11 is 0. The van der Waals surface area contributed by atoms with Gasteiger partial charge in [-0.25, -0.2) is 0 Å². The van der Waals surface area contributed by atoms with Crippen LogP contribution in [-0.4, -0.2) is 16.1 Å². The van der Waals surface area contributed by atoms with Gasteiger partial charge in [-0.3, -0.25) is 0 Å². The lowest BCUT2D eigenvalue weighted by atomic mass is 10.0. The molecule has 2 aromatic rings. The third kappa shape index (κ3) is 6.46. The number of unbranched alkanes of at least 4 members (excludes halogenated alkanes) is 2. The Hall–Kier alpha value is -1.13. The van der Waals surface area contributed by atoms with E-state index < -0.39 is 16.1 Å². The number of benzene rings is 2. The van der Waals surface area contributed by atoms with E-state index in [0.29, 0.717) is 0 Å². The fourth-order valence-corrected chi connectivity index (χ4v) is 7.87. The smallest absolute Gasteiger partial charge is 0.0656 e. The van der Waals surface area contributed by atoms with Crippen LogP contribution in [0, 0.1) is 13.8 Å². The first-order chi connectivity index (χ1) is 12.5. The molecule has 0 spiro atoms. The first-order valence-corrected chi connectivity index (χ1v) is 17.7. The third-order valence-electron chi connectivity index (χ3n) is 5.65. The molecule has 0 saturated carbocycles. The Morgan fingerprint density at radius 2 is 0.926 bits per heavy atom. The molecule has 0 heterocycles. The van der Waals surface area contributed by atoms with E-state index in [4.69, 9.17) is 0 Å². The monoisotopic (exact) mass is 396 g/mol. The second-order valence-electron chi connectivity index (χ2n) is 10.4. The molecule has 0 nitrogen and oxygen atoms in total. The molecule has 0 aliphatic carbocycles. The van der Waals surface area contributed by atoms with Crippen LogP contribution < -0.4 is 10.4 Å². The summed E-state index contributed by atoms with van der Waals surface area (Å²) in [6.45, 7) is 19.3. The first kappa shape index (κ1) is 22.2. The largest absolute Gasteiger partial charge is 0.0779 e. The molecule has 0 atom stereocenters. The Morgan fingerprint density at radius 1 is 0.556 bits per heavy atom. The van der Waals surface area contributed by atoms with Gasteiger partial charge in [0.25, 0.3) is 0 Å². The molecule has 2 aromatic carbocycles. The maximum absolute atomic E-state index is 2.50. The molecule has 0 saturated heterocycles. The summed E-state index contributed by atoms with van der Waals surface area (Å²) in [5, 5.41) is 3.28. The molecule has 0 aromatic heterocycles. The van der Waals surface area contributed by atoms with Gasteiger partial charge in [0, 0.05) is 0 Å². The lowest BCUT2D eigenvalue weighted by Gasteiger charge is -2.21. The normalized spacial score (nSPS) is 12.4. The summed E-state index contributed by atoms with van der Waals surface area (Å²) < 4.78 is 0. The lowest BCUT2D eigenvalue weighted by Crippen LogP contribution is -2.39. The van der Waals surface area contributed by atoms with Gasteiger partial charge in [0.05, 0.1) is 16.1 Å². The standard InChI is InChI=1S/C25H40Si2/c1-20-14-16-22(18-24(20)26(3,4)5)12-10-9-11-13-23-17-15-21(2)25(19-23)27(6,7)8/h14-19H,9-13H2,1-8H3. The summed E-state index contributed by atoms with van der Waals surface area (Å²) in [6, 6.07) is 14.4. The van der Waals surface area contributed by atoms with Crippen molar-refractivity contribution in [3.8, 4) is 0 Å². The van der Waals surface area contributed by atoms with E-state index in [0.717, 1.165) is 0 Å². The Morgan fingerprint density at radius 3 is 1.26 bits per heavy atom. The Labute approximate surface area is 170 Å². The van der Waals surface area contributed by atoms with Crippen molar-refractivity contribution in [2.45, 2.75) is 85.2 Å². The molecule has 27 heavy (non-hydrogen) atoms. The second kappa shape index (κ2) is 8.92. The van der Waals surface area contributed by atoms with E-state index in [1.807, 2.05) is 0 Å². The summed E-state index contributed by atoms with van der Waals surface area (Å²) in [7, 11) is -2.46. The zero-order chi connectivity index (χ0) is 20.2. The molecular formula is C25H40Si2. The van der Waals surface area contributed by atoms with Crippen LogP contribution >= 0.6 is 0 Å². The van der Waals surface area contributed by atoms with Crippen molar-refractivity contribution in [3.63, 3.8) is 0 Å². The number of aryl methyl sites for hydroxylation is 4. The molecule has 2 rings (SSSR count). The fourth-order valence-electron chi connectivity index (χ4n) is 4.10. The van der Waals surface area contributed by atoms with Gasteiger partial charge < -0.3 is 0 Å². The molecule has 0 aliphatic heterocycles. The molecule has 0 bridgehead atoms. The van der Waals surface area contributed by atoms with Crippen LogP contribution in [0.3, 0.4) is 0 Å². The lowest BCUT2D eigenvalue weighted by molar-refractivity contribution is 0.678. The summed E-state index contributed by atoms with van der Waals surface area (Å²) in [6.07, 6.45) is 6.39. The Bertz CT molecular complexity index is 695. The van der Waals surface area contributed by atoms with Crippen molar-refractivity contribution >= 4 is 26.5 Å². The second-order valence-corrected chi connectivity index (χ2v) is 20.4. The van der Waals surface area contributed by atoms with Crippen molar-refractivity contribution in [1.82, 2.24) is 0 Å². The average molecular weight is 397 g/mol. The fraction of sp³-hybridized carbons (Fsp3) is 0.520. The van der Waals surface area contributed by atoms with Gasteiger partial charge in [-0.1, -0.05) is 104 Å². The van der Waals surface area contributed by atoms with E-state index in [1.54, 1.807) is 10.4 Å². The van der Waals surface area contributed by atoms with Gasteiger partial charge in [-0.05, 0) is 50.7 Å². The van der Waals surface area contributed by atoms with E-state index in [1.165, 1.54) is 54.4 Å². The van der Waals surface area contributed by atoms with Crippen molar-refractivity contribution in [2.75, 3.05) is 0 Å². The van der Waals surface area contributed by atoms with E-state index in [2.05, 4.69) is 89.5 Å². The van der Waals surface area contributed by atoms with E-state index in [9.17, 15) is 0 Å². The highest BCUT2D eigenvalue weighted by molar-refractivity contribution is 6.89. The van der Waals surface area contributed by atoms with Gasteiger partial charge >= 0.3 is 0 Å². The Balaban J connectivity index is 1.87. The van der Waals surface area contributed by atoms with Gasteiger partial charge in [0.15, 0.2) is 0 Å². The van der Waals surface area contributed by atoms with Gasteiger partial charge in [0.2, 0.25) is 0 Å². The molecule has 0 N–H and O–H groups in total. The minimum absolute atomic E-state index is 1.23. The van der Waals surface area contributed by atoms with Crippen molar-refractivity contribution in [1.29, 1.82) is 0 Å². The summed E-state index contributed by atoms with van der Waals surface area (Å²) in [5.74, 6) is 0. The average Bonchev–Trinajstić information content (AvgIpc) is 2.55. The van der Waals surface area contributed by atoms with Crippen LogP contribution in [0.2, 0.25) is 39.3 Å². The van der Waals surface area contributed by atoms with Gasteiger partial charge in [-0.2, -0.15) is 0 Å². The summed E-state index contributed by atoms with van der Waals surface area (Å²) in [5.41, 5.74) is 6.04. The Kier molecular flexibility index (Phi) is 7.32. The van der Waals surface area contributed by atoms with Crippen LogP contribution in [0.25, 0.3) is 0 Å². The number of hydrogen-bond acceptors (Lipinski definition) is 0. The summed E-state index contributed by atoms with van der Waals surface area (Å²) in [4.78, 5) is 0. The SMILES string of the molecule is Cc1ccc(CCCCCc2ccc(C)c([Si](C)(C)C)c2)cc1[Si](C)(C)C. The zero-order valence-corrected chi connectivity index (χ0v) is 21.0.